The van der Waals surface area contributed by atoms with E-state index in [-0.39, 0.29) is 5.60 Å². The molecule has 2 unspecified atom stereocenters. The van der Waals surface area contributed by atoms with Gasteiger partial charge in [0.05, 0.1) is 12.2 Å². The Morgan fingerprint density at radius 3 is 2.33 bits per heavy atom. The second-order valence-electron chi connectivity index (χ2n) is 5.56. The minimum absolute atomic E-state index is 0.170. The first kappa shape index (κ1) is 17.8. The van der Waals surface area contributed by atoms with Crippen molar-refractivity contribution in [1.29, 1.82) is 0 Å². The Morgan fingerprint density at radius 1 is 1.28 bits per heavy atom. The van der Waals surface area contributed by atoms with Gasteiger partial charge in [0.2, 0.25) is 0 Å². The summed E-state index contributed by atoms with van der Waals surface area (Å²) in [6.07, 6.45) is 1.13. The highest BCUT2D eigenvalue weighted by atomic mass is 16.5. The maximum Gasteiger partial charge on any atom is 0.0787 e. The average molecular weight is 260 g/mol. The van der Waals surface area contributed by atoms with Crippen LogP contribution in [0, 0.1) is 0 Å². The van der Waals surface area contributed by atoms with E-state index in [1.54, 1.807) is 14.2 Å². The smallest absolute Gasteiger partial charge is 0.0787 e. The fourth-order valence-corrected chi connectivity index (χ4v) is 1.83. The molecule has 0 aromatic heterocycles. The largest absolute Gasteiger partial charge is 0.383 e. The van der Waals surface area contributed by atoms with E-state index in [1.165, 1.54) is 0 Å². The van der Waals surface area contributed by atoms with Crippen molar-refractivity contribution in [3.05, 3.63) is 0 Å². The van der Waals surface area contributed by atoms with E-state index in [4.69, 9.17) is 9.47 Å². The number of nitrogens with zero attached hydrogens (tertiary/aromatic N) is 1. The molecule has 18 heavy (non-hydrogen) atoms. The van der Waals surface area contributed by atoms with Gasteiger partial charge in [-0.2, -0.15) is 0 Å². The highest BCUT2D eigenvalue weighted by molar-refractivity contribution is 4.88. The molecule has 4 heteroatoms. The summed E-state index contributed by atoms with van der Waals surface area (Å²) in [6, 6.07) is 0.723. The van der Waals surface area contributed by atoms with Crippen LogP contribution in [0.4, 0.5) is 0 Å². The van der Waals surface area contributed by atoms with Crippen LogP contribution in [0.1, 0.15) is 34.1 Å². The predicted molar refractivity (Wildman–Crippen MR) is 77.1 cm³/mol. The van der Waals surface area contributed by atoms with Gasteiger partial charge in [-0.05, 0) is 40.8 Å². The molecular weight excluding hydrogens is 228 g/mol. The maximum absolute atomic E-state index is 5.62. The molecule has 0 fully saturated rings. The third kappa shape index (κ3) is 6.14. The molecule has 0 aromatic rings. The summed E-state index contributed by atoms with van der Waals surface area (Å²) >= 11 is 0. The van der Waals surface area contributed by atoms with Crippen molar-refractivity contribution >= 4 is 0 Å². The summed E-state index contributed by atoms with van der Waals surface area (Å²) in [4.78, 5) is 2.32. The molecular formula is C14H32N2O2. The minimum Gasteiger partial charge on any atom is -0.383 e. The van der Waals surface area contributed by atoms with Gasteiger partial charge in [0, 0.05) is 32.8 Å². The number of nitrogens with one attached hydrogen (secondary N) is 1. The fourth-order valence-electron chi connectivity index (χ4n) is 1.83. The molecule has 0 amide bonds. The average Bonchev–Trinajstić information content (AvgIpc) is 2.34. The van der Waals surface area contributed by atoms with E-state index in [1.807, 2.05) is 0 Å². The van der Waals surface area contributed by atoms with Gasteiger partial charge in [-0.1, -0.05) is 6.92 Å². The second-order valence-corrected chi connectivity index (χ2v) is 5.56. The van der Waals surface area contributed by atoms with Gasteiger partial charge in [-0.3, -0.25) is 4.90 Å². The molecule has 4 nitrogen and oxygen atoms in total. The molecule has 0 heterocycles. The lowest BCUT2D eigenvalue weighted by atomic mass is 9.97. The first-order valence-corrected chi connectivity index (χ1v) is 6.86. The molecule has 0 saturated carbocycles. The van der Waals surface area contributed by atoms with Crippen LogP contribution in [0.3, 0.4) is 0 Å². The highest BCUT2D eigenvalue weighted by Gasteiger charge is 2.30. The van der Waals surface area contributed by atoms with Crippen molar-refractivity contribution in [2.24, 2.45) is 0 Å². The van der Waals surface area contributed by atoms with E-state index >= 15 is 0 Å². The molecule has 2 atom stereocenters. The summed E-state index contributed by atoms with van der Waals surface area (Å²) in [5.41, 5.74) is -0.170. The Hall–Kier alpha value is -0.160. The van der Waals surface area contributed by atoms with Gasteiger partial charge < -0.3 is 14.8 Å². The molecule has 0 aliphatic carbocycles. The Labute approximate surface area is 113 Å². The second kappa shape index (κ2) is 8.86. The van der Waals surface area contributed by atoms with Gasteiger partial charge in [-0.15, -0.1) is 0 Å². The van der Waals surface area contributed by atoms with Crippen molar-refractivity contribution in [3.63, 3.8) is 0 Å². The van der Waals surface area contributed by atoms with Gasteiger partial charge in [-0.25, -0.2) is 0 Å². The molecule has 0 saturated heterocycles. The van der Waals surface area contributed by atoms with Crippen LogP contribution in [-0.2, 0) is 9.47 Å². The number of rotatable bonds is 10. The van der Waals surface area contributed by atoms with Crippen LogP contribution < -0.4 is 5.32 Å². The zero-order valence-corrected chi connectivity index (χ0v) is 13.2. The Bertz CT molecular complexity index is 210. The van der Waals surface area contributed by atoms with E-state index in [9.17, 15) is 0 Å². The van der Waals surface area contributed by atoms with Crippen LogP contribution in [0.2, 0.25) is 0 Å². The Balaban J connectivity index is 4.48. The fraction of sp³-hybridized carbons (Fsp3) is 1.00. The topological polar surface area (TPSA) is 33.7 Å². The Morgan fingerprint density at radius 2 is 1.89 bits per heavy atom. The third-order valence-corrected chi connectivity index (χ3v) is 3.64. The van der Waals surface area contributed by atoms with Crippen LogP contribution in [0.5, 0.6) is 0 Å². The standard InChI is InChI=1S/C14H32N2O2/c1-8-9-15-13(14(3,4)18-7)10-16(5)12(2)11-17-6/h12-13,15H,8-11H2,1-7H3. The lowest BCUT2D eigenvalue weighted by Crippen LogP contribution is -2.55. The van der Waals surface area contributed by atoms with E-state index < -0.39 is 0 Å². The van der Waals surface area contributed by atoms with Crippen LogP contribution >= 0.6 is 0 Å². The highest BCUT2D eigenvalue weighted by Crippen LogP contribution is 2.15. The summed E-state index contributed by atoms with van der Waals surface area (Å²) in [7, 11) is 5.66. The lowest BCUT2D eigenvalue weighted by molar-refractivity contribution is -0.0231. The maximum atomic E-state index is 5.62. The molecule has 1 N–H and O–H groups in total. The van der Waals surface area contributed by atoms with Crippen molar-refractivity contribution in [2.45, 2.75) is 51.8 Å². The molecule has 0 aliphatic rings. The number of likely N-dealkylation sites (N-methyl/N-ethyl adjacent to an activating group) is 1. The van der Waals surface area contributed by atoms with E-state index in [2.05, 4.69) is 45.0 Å². The first-order chi connectivity index (χ1) is 8.38. The third-order valence-electron chi connectivity index (χ3n) is 3.64. The molecule has 0 aliphatic heterocycles. The quantitative estimate of drug-likeness (QED) is 0.649. The SMILES string of the molecule is CCCNC(CN(C)C(C)COC)C(C)(C)OC. The van der Waals surface area contributed by atoms with Gasteiger partial charge in [0.15, 0.2) is 0 Å². The van der Waals surface area contributed by atoms with Crippen LogP contribution in [-0.4, -0.2) is 63.5 Å². The number of ether oxygens (including phenoxy) is 2. The molecule has 0 spiro atoms. The summed E-state index contributed by atoms with van der Waals surface area (Å²) in [5.74, 6) is 0. The summed E-state index contributed by atoms with van der Waals surface area (Å²) in [6.45, 7) is 11.4. The minimum atomic E-state index is -0.170. The number of methoxy groups -OCH3 is 2. The molecule has 0 rings (SSSR count). The monoisotopic (exact) mass is 260 g/mol. The Kier molecular flexibility index (Phi) is 8.78. The van der Waals surface area contributed by atoms with Crippen molar-refractivity contribution in [3.8, 4) is 0 Å². The first-order valence-electron chi connectivity index (χ1n) is 6.86. The van der Waals surface area contributed by atoms with E-state index in [0.717, 1.165) is 26.1 Å². The molecule has 0 radical (unpaired) electrons. The number of hydrogen-bond acceptors (Lipinski definition) is 4. The van der Waals surface area contributed by atoms with Gasteiger partial charge >= 0.3 is 0 Å². The normalized spacial score (nSPS) is 16.0. The molecule has 0 aromatic carbocycles. The lowest BCUT2D eigenvalue weighted by Gasteiger charge is -2.38. The summed E-state index contributed by atoms with van der Waals surface area (Å²) < 4.78 is 10.8. The number of hydrogen-bond donors (Lipinski definition) is 1. The predicted octanol–water partition coefficient (Wildman–Crippen LogP) is 1.75. The van der Waals surface area contributed by atoms with Crippen LogP contribution in [0.25, 0.3) is 0 Å². The summed E-state index contributed by atoms with van der Waals surface area (Å²) in [5, 5.41) is 3.58. The van der Waals surface area contributed by atoms with Crippen LogP contribution in [0.15, 0.2) is 0 Å². The molecule has 110 valence electrons. The zero-order chi connectivity index (χ0) is 14.2. The zero-order valence-electron chi connectivity index (χ0n) is 13.2. The molecule has 0 bridgehead atoms. The van der Waals surface area contributed by atoms with Gasteiger partial charge in [0.25, 0.3) is 0 Å². The van der Waals surface area contributed by atoms with Crippen molar-refractivity contribution in [2.75, 3.05) is 41.0 Å². The van der Waals surface area contributed by atoms with E-state index in [0.29, 0.717) is 12.1 Å². The van der Waals surface area contributed by atoms with Crippen molar-refractivity contribution < 1.29 is 9.47 Å². The van der Waals surface area contributed by atoms with Crippen molar-refractivity contribution in [1.82, 2.24) is 10.2 Å². The van der Waals surface area contributed by atoms with Gasteiger partial charge in [0.1, 0.15) is 0 Å².